The Morgan fingerprint density at radius 3 is 2.56 bits per heavy atom. The van der Waals surface area contributed by atoms with Gasteiger partial charge in [0, 0.05) is 18.2 Å². The van der Waals surface area contributed by atoms with Gasteiger partial charge < -0.3 is 16.5 Å². The summed E-state index contributed by atoms with van der Waals surface area (Å²) in [6, 6.07) is 3.89. The maximum Gasteiger partial charge on any atom is 0.242 e. The van der Waals surface area contributed by atoms with Crippen LogP contribution in [0.25, 0.3) is 22.2 Å². The summed E-state index contributed by atoms with van der Waals surface area (Å²) in [4.78, 5) is 9.48. The summed E-state index contributed by atoms with van der Waals surface area (Å²) in [5, 5.41) is 13.1. The number of aliphatic imine (C=N–C) groups is 1. The molecule has 0 spiro atoms. The molecule has 0 aliphatic carbocycles. The molecule has 2 heterocycles. The van der Waals surface area contributed by atoms with Crippen LogP contribution < -0.4 is 21.3 Å². The number of sulfonamides is 2. The standard InChI is InChI=1S/C18H20FN9O4S2/c1-8(6-20)28-34(31,32)13-3-2-10(11-4-9(19)5-12-15(11)26-18(21)25-12)14(16(13)33(22,29)30)17-23-7-24-27-17/h2-5,8,28H,6-7,20H2,1H3,(H3,21,25,26)(H2,22,29,30)/t8-/m1/s1. The van der Waals surface area contributed by atoms with Crippen molar-refractivity contribution in [2.75, 3.05) is 18.9 Å². The van der Waals surface area contributed by atoms with Crippen LogP contribution in [0.1, 0.15) is 12.5 Å². The molecule has 1 aliphatic heterocycles. The van der Waals surface area contributed by atoms with E-state index in [0.717, 1.165) is 18.2 Å². The minimum absolute atomic E-state index is 0.00728. The zero-order valence-corrected chi connectivity index (χ0v) is 19.3. The number of anilines is 1. The molecule has 13 nitrogen and oxygen atoms in total. The van der Waals surface area contributed by atoms with E-state index in [2.05, 4.69) is 29.9 Å². The molecule has 0 saturated carbocycles. The van der Waals surface area contributed by atoms with Crippen molar-refractivity contribution >= 4 is 42.9 Å². The fourth-order valence-electron chi connectivity index (χ4n) is 3.55. The first-order chi connectivity index (χ1) is 15.9. The van der Waals surface area contributed by atoms with Crippen LogP contribution in [-0.4, -0.2) is 51.9 Å². The van der Waals surface area contributed by atoms with Gasteiger partial charge in [-0.15, -0.1) is 5.11 Å². The van der Waals surface area contributed by atoms with Gasteiger partial charge >= 0.3 is 0 Å². The van der Waals surface area contributed by atoms with E-state index in [1.165, 1.54) is 13.0 Å². The van der Waals surface area contributed by atoms with Crippen molar-refractivity contribution in [1.29, 1.82) is 0 Å². The number of hydrogen-bond acceptors (Lipinski definition) is 10. The van der Waals surface area contributed by atoms with Crippen LogP contribution >= 0.6 is 0 Å². The Hall–Kier alpha value is -3.31. The number of imidazole rings is 1. The number of nitrogen functional groups attached to an aromatic ring is 1. The molecule has 0 fully saturated rings. The number of aromatic nitrogens is 2. The highest BCUT2D eigenvalue weighted by molar-refractivity contribution is 7.92. The van der Waals surface area contributed by atoms with Crippen LogP contribution in [-0.2, 0) is 20.0 Å². The molecule has 2 aromatic carbocycles. The summed E-state index contributed by atoms with van der Waals surface area (Å²) in [7, 11) is -9.11. The van der Waals surface area contributed by atoms with Crippen LogP contribution in [0.3, 0.4) is 0 Å². The third kappa shape index (κ3) is 4.28. The number of primary sulfonamides is 1. The molecule has 1 aliphatic rings. The SMILES string of the molecule is C[C@H](CN)NS(=O)(=O)c1ccc(-c2cc(F)cc3[nH]c(N)nc23)c(C2=NCN=N2)c1S(N)(=O)=O. The average molecular weight is 510 g/mol. The van der Waals surface area contributed by atoms with Crippen molar-refractivity contribution in [3.8, 4) is 11.1 Å². The van der Waals surface area contributed by atoms with Crippen LogP contribution in [0.2, 0.25) is 0 Å². The van der Waals surface area contributed by atoms with Crippen LogP contribution in [0.15, 0.2) is 49.3 Å². The smallest absolute Gasteiger partial charge is 0.242 e. The van der Waals surface area contributed by atoms with E-state index in [-0.39, 0.29) is 52.7 Å². The number of nitrogens with one attached hydrogen (secondary N) is 2. The maximum absolute atomic E-state index is 14.5. The first-order valence-electron chi connectivity index (χ1n) is 9.72. The molecule has 0 bridgehead atoms. The van der Waals surface area contributed by atoms with Crippen molar-refractivity contribution < 1.29 is 21.2 Å². The Balaban J connectivity index is 2.14. The van der Waals surface area contributed by atoms with E-state index in [1.54, 1.807) is 0 Å². The average Bonchev–Trinajstić information content (AvgIpc) is 3.40. The van der Waals surface area contributed by atoms with Gasteiger partial charge in [0.25, 0.3) is 0 Å². The number of nitrogens with zero attached hydrogens (tertiary/aromatic N) is 4. The number of fused-ring (bicyclic) bond motifs is 1. The van der Waals surface area contributed by atoms with Crippen LogP contribution in [0.4, 0.5) is 10.3 Å². The van der Waals surface area contributed by atoms with E-state index in [4.69, 9.17) is 16.6 Å². The molecule has 0 saturated heterocycles. The molecule has 1 atom stereocenters. The molecule has 180 valence electrons. The fourth-order valence-corrected chi connectivity index (χ4v) is 6.40. The maximum atomic E-state index is 14.5. The number of amidine groups is 1. The number of benzene rings is 2. The zero-order chi connectivity index (χ0) is 24.8. The highest BCUT2D eigenvalue weighted by Crippen LogP contribution is 2.38. The minimum Gasteiger partial charge on any atom is -0.369 e. The number of H-pyrrole nitrogens is 1. The number of hydrogen-bond donors (Lipinski definition) is 5. The first kappa shape index (κ1) is 23.8. The van der Waals surface area contributed by atoms with Gasteiger partial charge in [-0.1, -0.05) is 6.07 Å². The summed E-state index contributed by atoms with van der Waals surface area (Å²) >= 11 is 0. The molecule has 1 aromatic heterocycles. The summed E-state index contributed by atoms with van der Waals surface area (Å²) in [6.07, 6.45) is 0. The predicted octanol–water partition coefficient (Wildman–Crippen LogP) is 0.394. The third-order valence-corrected chi connectivity index (χ3v) is 7.69. The largest absolute Gasteiger partial charge is 0.369 e. The van der Waals surface area contributed by atoms with Gasteiger partial charge in [-0.05, 0) is 30.7 Å². The second-order valence-electron chi connectivity index (χ2n) is 7.45. The number of rotatable bonds is 7. The molecule has 16 heteroatoms. The normalized spacial score (nSPS) is 15.1. The van der Waals surface area contributed by atoms with E-state index in [9.17, 15) is 21.2 Å². The monoisotopic (exact) mass is 509 g/mol. The Morgan fingerprint density at radius 1 is 1.21 bits per heavy atom. The highest BCUT2D eigenvalue weighted by Gasteiger charge is 2.33. The number of nitrogens with two attached hydrogens (primary N) is 3. The fraction of sp³-hybridized carbons (Fsp3) is 0.222. The molecule has 34 heavy (non-hydrogen) atoms. The van der Waals surface area contributed by atoms with Crippen molar-refractivity contribution in [3.63, 3.8) is 0 Å². The van der Waals surface area contributed by atoms with E-state index in [0.29, 0.717) is 0 Å². The van der Waals surface area contributed by atoms with Gasteiger partial charge in [-0.25, -0.2) is 41.1 Å². The van der Waals surface area contributed by atoms with Gasteiger partial charge in [0.05, 0.1) is 16.6 Å². The second kappa shape index (κ2) is 8.48. The summed E-state index contributed by atoms with van der Waals surface area (Å²) in [5.41, 5.74) is 11.6. The summed E-state index contributed by atoms with van der Waals surface area (Å²) < 4.78 is 68.5. The van der Waals surface area contributed by atoms with Crippen molar-refractivity contribution in [1.82, 2.24) is 14.7 Å². The molecule has 0 radical (unpaired) electrons. The third-order valence-electron chi connectivity index (χ3n) is 4.94. The number of azo groups is 1. The molecule has 0 amide bonds. The Labute approximate surface area is 193 Å². The molecule has 8 N–H and O–H groups in total. The second-order valence-corrected chi connectivity index (χ2v) is 10.6. The van der Waals surface area contributed by atoms with Crippen molar-refractivity contribution in [3.05, 3.63) is 35.6 Å². The first-order valence-corrected chi connectivity index (χ1v) is 12.7. The summed E-state index contributed by atoms with van der Waals surface area (Å²) in [6.45, 7) is 1.34. The minimum atomic E-state index is -4.70. The lowest BCUT2D eigenvalue weighted by molar-refractivity contribution is 0.557. The lowest BCUT2D eigenvalue weighted by Gasteiger charge is -2.19. The molecule has 4 rings (SSSR count). The van der Waals surface area contributed by atoms with Gasteiger partial charge in [0.1, 0.15) is 15.6 Å². The Kier molecular flexibility index (Phi) is 5.94. The molecule has 0 unspecified atom stereocenters. The van der Waals surface area contributed by atoms with E-state index < -0.39 is 41.7 Å². The van der Waals surface area contributed by atoms with E-state index in [1.807, 2.05) is 0 Å². The van der Waals surface area contributed by atoms with E-state index >= 15 is 0 Å². The van der Waals surface area contributed by atoms with Crippen LogP contribution in [0, 0.1) is 5.82 Å². The lowest BCUT2D eigenvalue weighted by atomic mass is 9.97. The van der Waals surface area contributed by atoms with Gasteiger partial charge in [0.2, 0.25) is 20.0 Å². The number of halogens is 1. The van der Waals surface area contributed by atoms with Gasteiger partial charge in [-0.2, -0.15) is 5.11 Å². The number of aromatic amines is 1. The Bertz CT molecular complexity index is 1580. The Morgan fingerprint density at radius 2 is 1.94 bits per heavy atom. The topological polar surface area (TPSA) is 224 Å². The molecular weight excluding hydrogens is 489 g/mol. The van der Waals surface area contributed by atoms with Gasteiger partial charge in [-0.3, -0.25) is 0 Å². The lowest BCUT2D eigenvalue weighted by Crippen LogP contribution is -2.38. The predicted molar refractivity (Wildman–Crippen MR) is 122 cm³/mol. The van der Waals surface area contributed by atoms with Crippen molar-refractivity contribution in [2.45, 2.75) is 22.8 Å². The molecular formula is C18H20FN9O4S2. The highest BCUT2D eigenvalue weighted by atomic mass is 32.2. The van der Waals surface area contributed by atoms with Gasteiger partial charge in [0.15, 0.2) is 18.5 Å². The summed E-state index contributed by atoms with van der Waals surface area (Å²) in [5.74, 6) is -0.879. The molecule has 3 aromatic rings. The zero-order valence-electron chi connectivity index (χ0n) is 17.6. The van der Waals surface area contributed by atoms with Crippen LogP contribution in [0.5, 0.6) is 0 Å². The quantitative estimate of drug-likeness (QED) is 0.301. The van der Waals surface area contributed by atoms with Crippen molar-refractivity contribution in [2.24, 2.45) is 26.1 Å².